The van der Waals surface area contributed by atoms with Gasteiger partial charge in [0.05, 0.1) is 12.6 Å². The molecule has 0 radical (unpaired) electrons. The molecule has 0 aromatic carbocycles. The lowest BCUT2D eigenvalue weighted by atomic mass is 9.88. The molecule has 0 aromatic heterocycles. The predicted octanol–water partition coefficient (Wildman–Crippen LogP) is 2.74. The largest absolute Gasteiger partial charge is 0.394 e. The van der Waals surface area contributed by atoms with Gasteiger partial charge in [0.2, 0.25) is 0 Å². The van der Waals surface area contributed by atoms with Gasteiger partial charge < -0.3 is 20.6 Å². The lowest BCUT2D eigenvalue weighted by Gasteiger charge is -2.34. The first-order valence-corrected chi connectivity index (χ1v) is 9.76. The molecule has 5 nitrogen and oxygen atoms in total. The summed E-state index contributed by atoms with van der Waals surface area (Å²) >= 11 is 0. The second-order valence-electron chi connectivity index (χ2n) is 8.99. The monoisotopic (exact) mass is 339 g/mol. The number of amides is 2. The summed E-state index contributed by atoms with van der Waals surface area (Å²) in [4.78, 5) is 14.8. The number of urea groups is 1. The van der Waals surface area contributed by atoms with Crippen LogP contribution in [0.1, 0.15) is 65.7 Å². The van der Waals surface area contributed by atoms with Crippen molar-refractivity contribution in [3.05, 3.63) is 0 Å². The SMILES string of the molecule is CC(C)(C)CC(CO)NC(=O)NC1CCN(CC2CCCC2)CC1. The van der Waals surface area contributed by atoms with Crippen molar-refractivity contribution in [2.75, 3.05) is 26.2 Å². The first kappa shape index (κ1) is 19.5. The first-order valence-electron chi connectivity index (χ1n) is 9.76. The molecule has 3 N–H and O–H groups in total. The van der Waals surface area contributed by atoms with E-state index >= 15 is 0 Å². The minimum Gasteiger partial charge on any atom is -0.394 e. The molecule has 2 fully saturated rings. The summed E-state index contributed by atoms with van der Waals surface area (Å²) in [5, 5.41) is 15.5. The highest BCUT2D eigenvalue weighted by molar-refractivity contribution is 5.74. The fourth-order valence-corrected chi connectivity index (χ4v) is 4.13. The zero-order valence-electron chi connectivity index (χ0n) is 15.8. The van der Waals surface area contributed by atoms with E-state index in [0.29, 0.717) is 0 Å². The van der Waals surface area contributed by atoms with Crippen LogP contribution in [0.3, 0.4) is 0 Å². The van der Waals surface area contributed by atoms with E-state index in [0.717, 1.165) is 38.3 Å². The summed E-state index contributed by atoms with van der Waals surface area (Å²) in [7, 11) is 0. The van der Waals surface area contributed by atoms with E-state index < -0.39 is 0 Å². The second kappa shape index (κ2) is 9.04. The Morgan fingerprint density at radius 3 is 2.33 bits per heavy atom. The molecule has 2 aliphatic rings. The minimum absolute atomic E-state index is 0.00940. The molecule has 140 valence electrons. The molecule has 24 heavy (non-hydrogen) atoms. The lowest BCUT2D eigenvalue weighted by Crippen LogP contribution is -2.51. The average molecular weight is 340 g/mol. The van der Waals surface area contributed by atoms with E-state index in [1.807, 2.05) is 0 Å². The predicted molar refractivity (Wildman–Crippen MR) is 98.0 cm³/mol. The number of carbonyl (C=O) groups excluding carboxylic acids is 1. The van der Waals surface area contributed by atoms with E-state index in [1.54, 1.807) is 0 Å². The maximum Gasteiger partial charge on any atom is 0.315 e. The van der Waals surface area contributed by atoms with Gasteiger partial charge in [-0.3, -0.25) is 0 Å². The standard InChI is InChI=1S/C19H37N3O2/c1-19(2,3)12-17(14-23)21-18(24)20-16-8-10-22(11-9-16)13-15-6-4-5-7-15/h15-17,23H,4-14H2,1-3H3,(H2,20,21,24). The van der Waals surface area contributed by atoms with Crippen LogP contribution in [0, 0.1) is 11.3 Å². The Morgan fingerprint density at radius 1 is 1.17 bits per heavy atom. The minimum atomic E-state index is -0.174. The van der Waals surface area contributed by atoms with Crippen LogP contribution < -0.4 is 10.6 Å². The van der Waals surface area contributed by atoms with Gasteiger partial charge in [0.25, 0.3) is 0 Å². The zero-order valence-corrected chi connectivity index (χ0v) is 15.8. The maximum absolute atomic E-state index is 12.2. The number of nitrogens with one attached hydrogen (secondary N) is 2. The van der Waals surface area contributed by atoms with Gasteiger partial charge >= 0.3 is 6.03 Å². The average Bonchev–Trinajstić information content (AvgIpc) is 3.00. The number of likely N-dealkylation sites (tertiary alicyclic amines) is 1. The van der Waals surface area contributed by atoms with E-state index in [4.69, 9.17) is 0 Å². The van der Waals surface area contributed by atoms with Crippen LogP contribution in [0.4, 0.5) is 4.79 Å². The molecule has 1 aliphatic carbocycles. The van der Waals surface area contributed by atoms with Gasteiger partial charge in [-0.1, -0.05) is 33.6 Å². The number of hydrogen-bond acceptors (Lipinski definition) is 3. The number of piperidine rings is 1. The van der Waals surface area contributed by atoms with Crippen LogP contribution in [0.2, 0.25) is 0 Å². The molecule has 1 saturated heterocycles. The van der Waals surface area contributed by atoms with Crippen molar-refractivity contribution in [1.82, 2.24) is 15.5 Å². The molecule has 1 unspecified atom stereocenters. The first-order chi connectivity index (χ1) is 11.4. The van der Waals surface area contributed by atoms with Gasteiger partial charge in [-0.2, -0.15) is 0 Å². The van der Waals surface area contributed by atoms with Gasteiger partial charge in [0.15, 0.2) is 0 Å². The van der Waals surface area contributed by atoms with Gasteiger partial charge in [-0.05, 0) is 43.4 Å². The summed E-state index contributed by atoms with van der Waals surface area (Å²) in [6.45, 7) is 9.78. The van der Waals surface area contributed by atoms with E-state index in [2.05, 4.69) is 36.3 Å². The molecule has 2 rings (SSSR count). The van der Waals surface area contributed by atoms with Gasteiger partial charge in [-0.25, -0.2) is 4.79 Å². The summed E-state index contributed by atoms with van der Waals surface area (Å²) in [5.74, 6) is 0.903. The Balaban J connectivity index is 1.65. The summed E-state index contributed by atoms with van der Waals surface area (Å²) in [5.41, 5.74) is 0.0895. The Kier molecular flexibility index (Phi) is 7.35. The zero-order chi connectivity index (χ0) is 17.6. The van der Waals surface area contributed by atoms with Crippen molar-refractivity contribution in [3.63, 3.8) is 0 Å². The molecule has 0 aromatic rings. The molecule has 2 amide bonds. The fourth-order valence-electron chi connectivity index (χ4n) is 4.13. The van der Waals surface area contributed by atoms with E-state index in [1.165, 1.54) is 32.2 Å². The van der Waals surface area contributed by atoms with Crippen LogP contribution in [0.15, 0.2) is 0 Å². The molecule has 1 aliphatic heterocycles. The second-order valence-corrected chi connectivity index (χ2v) is 8.99. The Morgan fingerprint density at radius 2 is 1.79 bits per heavy atom. The van der Waals surface area contributed by atoms with Crippen molar-refractivity contribution in [3.8, 4) is 0 Å². The number of aliphatic hydroxyl groups is 1. The molecule has 1 saturated carbocycles. The smallest absolute Gasteiger partial charge is 0.315 e. The molecule has 0 bridgehead atoms. The maximum atomic E-state index is 12.2. The highest BCUT2D eigenvalue weighted by atomic mass is 16.3. The van der Waals surface area contributed by atoms with Crippen LogP contribution in [-0.2, 0) is 0 Å². The van der Waals surface area contributed by atoms with Crippen LogP contribution in [0.5, 0.6) is 0 Å². The third-order valence-corrected chi connectivity index (χ3v) is 5.33. The summed E-state index contributed by atoms with van der Waals surface area (Å²) in [6.07, 6.45) is 8.45. The van der Waals surface area contributed by atoms with Gasteiger partial charge in [-0.15, -0.1) is 0 Å². The Hall–Kier alpha value is -0.810. The Bertz CT molecular complexity index is 381. The van der Waals surface area contributed by atoms with Gasteiger partial charge in [0.1, 0.15) is 0 Å². The topological polar surface area (TPSA) is 64.6 Å². The van der Waals surface area contributed by atoms with Crippen molar-refractivity contribution in [2.45, 2.75) is 77.8 Å². The molecule has 1 heterocycles. The quantitative estimate of drug-likeness (QED) is 0.697. The summed E-state index contributed by atoms with van der Waals surface area (Å²) < 4.78 is 0. The third kappa shape index (κ3) is 6.98. The number of nitrogens with zero attached hydrogens (tertiary/aromatic N) is 1. The summed E-state index contributed by atoms with van der Waals surface area (Å²) in [6, 6.07) is -0.0428. The van der Waals surface area contributed by atoms with Crippen molar-refractivity contribution in [1.29, 1.82) is 0 Å². The number of hydrogen-bond donors (Lipinski definition) is 3. The molecular weight excluding hydrogens is 302 g/mol. The molecular formula is C19H37N3O2. The molecule has 5 heteroatoms. The lowest BCUT2D eigenvalue weighted by molar-refractivity contribution is 0.165. The number of aliphatic hydroxyl groups excluding tert-OH is 1. The normalized spacial score (nSPS) is 22.5. The van der Waals surface area contributed by atoms with Crippen molar-refractivity contribution < 1.29 is 9.90 Å². The Labute approximate surface area is 147 Å². The van der Waals surface area contributed by atoms with Crippen LogP contribution in [-0.4, -0.2) is 54.4 Å². The van der Waals surface area contributed by atoms with Gasteiger partial charge in [0, 0.05) is 25.7 Å². The fraction of sp³-hybridized carbons (Fsp3) is 0.947. The third-order valence-electron chi connectivity index (χ3n) is 5.33. The van der Waals surface area contributed by atoms with Crippen molar-refractivity contribution in [2.24, 2.45) is 11.3 Å². The van der Waals surface area contributed by atoms with Crippen LogP contribution in [0.25, 0.3) is 0 Å². The van der Waals surface area contributed by atoms with Crippen LogP contribution >= 0.6 is 0 Å². The molecule has 0 spiro atoms. The van der Waals surface area contributed by atoms with Crippen molar-refractivity contribution >= 4 is 6.03 Å². The van der Waals surface area contributed by atoms with E-state index in [9.17, 15) is 9.90 Å². The number of rotatable bonds is 6. The molecule has 1 atom stereocenters. The highest BCUT2D eigenvalue weighted by Gasteiger charge is 2.25. The number of carbonyl (C=O) groups is 1. The highest BCUT2D eigenvalue weighted by Crippen LogP contribution is 2.26. The van der Waals surface area contributed by atoms with E-state index in [-0.39, 0.29) is 30.1 Å².